The third-order valence-corrected chi connectivity index (χ3v) is 2.41. The zero-order chi connectivity index (χ0) is 10.8. The Labute approximate surface area is 88.8 Å². The first-order valence-corrected chi connectivity index (χ1v) is 4.97. The lowest BCUT2D eigenvalue weighted by molar-refractivity contribution is 0.179. The van der Waals surface area contributed by atoms with Crippen LogP contribution in [0.5, 0.6) is 0 Å². The summed E-state index contributed by atoms with van der Waals surface area (Å²) in [6, 6.07) is 7.71. The molecule has 1 atom stereocenters. The zero-order valence-corrected chi connectivity index (χ0v) is 8.73. The Balaban J connectivity index is 2.39. The number of aliphatic hydroxyl groups is 1. The summed E-state index contributed by atoms with van der Waals surface area (Å²) in [5, 5.41) is 10.9. The van der Waals surface area contributed by atoms with Gasteiger partial charge in [0.2, 0.25) is 0 Å². The number of fused-ring (bicyclic) bond motifs is 1. The summed E-state index contributed by atoms with van der Waals surface area (Å²) >= 11 is 0. The molecule has 0 aliphatic heterocycles. The van der Waals surface area contributed by atoms with Crippen molar-refractivity contribution in [3.8, 4) is 0 Å². The maximum Gasteiger partial charge on any atom is 0.134 e. The maximum atomic E-state index is 9.96. The van der Waals surface area contributed by atoms with Crippen molar-refractivity contribution in [1.82, 2.24) is 0 Å². The van der Waals surface area contributed by atoms with Gasteiger partial charge in [-0.3, -0.25) is 0 Å². The quantitative estimate of drug-likeness (QED) is 0.773. The SMILES string of the molecule is C=C(C)CC(O)c1coc2ccccc12. The summed E-state index contributed by atoms with van der Waals surface area (Å²) in [5.74, 6) is 0. The maximum absolute atomic E-state index is 9.96. The fourth-order valence-electron chi connectivity index (χ4n) is 1.70. The van der Waals surface area contributed by atoms with Crippen molar-refractivity contribution in [2.45, 2.75) is 19.4 Å². The number of hydrogen-bond donors (Lipinski definition) is 1. The first-order chi connectivity index (χ1) is 7.18. The average molecular weight is 202 g/mol. The molecule has 2 nitrogen and oxygen atoms in total. The van der Waals surface area contributed by atoms with Gasteiger partial charge in [-0.05, 0) is 19.4 Å². The van der Waals surface area contributed by atoms with E-state index in [-0.39, 0.29) is 0 Å². The minimum Gasteiger partial charge on any atom is -0.464 e. The van der Waals surface area contributed by atoms with Crippen LogP contribution in [0, 0.1) is 0 Å². The fourth-order valence-corrected chi connectivity index (χ4v) is 1.70. The van der Waals surface area contributed by atoms with E-state index in [9.17, 15) is 5.11 Å². The zero-order valence-electron chi connectivity index (χ0n) is 8.73. The number of benzene rings is 1. The van der Waals surface area contributed by atoms with E-state index in [1.165, 1.54) is 0 Å². The van der Waals surface area contributed by atoms with Gasteiger partial charge >= 0.3 is 0 Å². The minimum absolute atomic E-state index is 0.522. The predicted molar refractivity (Wildman–Crippen MR) is 60.6 cm³/mol. The van der Waals surface area contributed by atoms with Crippen molar-refractivity contribution in [2.24, 2.45) is 0 Å². The van der Waals surface area contributed by atoms with Crippen LogP contribution in [0.15, 0.2) is 47.1 Å². The molecule has 0 saturated heterocycles. The molecular weight excluding hydrogens is 188 g/mol. The fraction of sp³-hybridized carbons (Fsp3) is 0.231. The Hall–Kier alpha value is -1.54. The van der Waals surface area contributed by atoms with E-state index in [1.54, 1.807) is 6.26 Å². The Kier molecular flexibility index (Phi) is 2.60. The topological polar surface area (TPSA) is 33.4 Å². The average Bonchev–Trinajstić information content (AvgIpc) is 2.59. The monoisotopic (exact) mass is 202 g/mol. The third kappa shape index (κ3) is 1.95. The summed E-state index contributed by atoms with van der Waals surface area (Å²) in [6.45, 7) is 5.70. The van der Waals surface area contributed by atoms with Crippen LogP contribution in [0.25, 0.3) is 11.0 Å². The summed E-state index contributed by atoms with van der Waals surface area (Å²) in [6.07, 6.45) is 1.67. The second-order valence-electron chi connectivity index (χ2n) is 3.86. The van der Waals surface area contributed by atoms with Crippen LogP contribution in [0.2, 0.25) is 0 Å². The van der Waals surface area contributed by atoms with Crippen molar-refractivity contribution >= 4 is 11.0 Å². The van der Waals surface area contributed by atoms with Crippen molar-refractivity contribution in [3.05, 3.63) is 48.2 Å². The summed E-state index contributed by atoms with van der Waals surface area (Å²) < 4.78 is 5.36. The molecule has 78 valence electrons. The van der Waals surface area contributed by atoms with Crippen LogP contribution in [0.4, 0.5) is 0 Å². The van der Waals surface area contributed by atoms with E-state index >= 15 is 0 Å². The molecule has 0 amide bonds. The molecule has 0 radical (unpaired) electrons. The molecule has 2 rings (SSSR count). The molecule has 2 aromatic rings. The van der Waals surface area contributed by atoms with Gasteiger partial charge in [0.1, 0.15) is 5.58 Å². The van der Waals surface area contributed by atoms with Gasteiger partial charge in [-0.2, -0.15) is 0 Å². The van der Waals surface area contributed by atoms with Gasteiger partial charge in [-0.25, -0.2) is 0 Å². The predicted octanol–water partition coefficient (Wildman–Crippen LogP) is 3.43. The van der Waals surface area contributed by atoms with Crippen LogP contribution in [-0.2, 0) is 0 Å². The lowest BCUT2D eigenvalue weighted by atomic mass is 10.0. The smallest absolute Gasteiger partial charge is 0.134 e. The third-order valence-electron chi connectivity index (χ3n) is 2.41. The number of hydrogen-bond acceptors (Lipinski definition) is 2. The second kappa shape index (κ2) is 3.91. The molecule has 1 aromatic carbocycles. The molecule has 1 heterocycles. The van der Waals surface area contributed by atoms with Crippen molar-refractivity contribution in [1.29, 1.82) is 0 Å². The first kappa shape index (κ1) is 9.99. The molecule has 0 spiro atoms. The van der Waals surface area contributed by atoms with Crippen LogP contribution in [0.1, 0.15) is 25.0 Å². The normalized spacial score (nSPS) is 12.9. The van der Waals surface area contributed by atoms with Gasteiger partial charge < -0.3 is 9.52 Å². The molecule has 2 heteroatoms. The Bertz CT molecular complexity index is 482. The van der Waals surface area contributed by atoms with Gasteiger partial charge in [-0.1, -0.05) is 23.8 Å². The molecule has 1 aromatic heterocycles. The van der Waals surface area contributed by atoms with Crippen LogP contribution in [0.3, 0.4) is 0 Å². The molecule has 15 heavy (non-hydrogen) atoms. The van der Waals surface area contributed by atoms with Crippen molar-refractivity contribution in [3.63, 3.8) is 0 Å². The molecule has 1 unspecified atom stereocenters. The highest BCUT2D eigenvalue weighted by Gasteiger charge is 2.13. The van der Waals surface area contributed by atoms with E-state index in [0.29, 0.717) is 6.42 Å². The minimum atomic E-state index is -0.522. The lowest BCUT2D eigenvalue weighted by Crippen LogP contribution is -1.96. The number of rotatable bonds is 3. The van der Waals surface area contributed by atoms with Gasteiger partial charge in [0.15, 0.2) is 0 Å². The number of aliphatic hydroxyl groups excluding tert-OH is 1. The molecule has 0 fully saturated rings. The van der Waals surface area contributed by atoms with Gasteiger partial charge in [-0.15, -0.1) is 6.58 Å². The standard InChI is InChI=1S/C13H14O2/c1-9(2)7-12(14)11-8-15-13-6-4-3-5-10(11)13/h3-6,8,12,14H,1,7H2,2H3. The van der Waals surface area contributed by atoms with Crippen LogP contribution < -0.4 is 0 Å². The Morgan fingerprint density at radius 1 is 1.47 bits per heavy atom. The number of furan rings is 1. The van der Waals surface area contributed by atoms with E-state index in [2.05, 4.69) is 6.58 Å². The van der Waals surface area contributed by atoms with E-state index in [1.807, 2.05) is 31.2 Å². The first-order valence-electron chi connectivity index (χ1n) is 4.97. The lowest BCUT2D eigenvalue weighted by Gasteiger charge is -2.07. The van der Waals surface area contributed by atoms with Crippen LogP contribution in [-0.4, -0.2) is 5.11 Å². The molecular formula is C13H14O2. The van der Waals surface area contributed by atoms with Gasteiger partial charge in [0.05, 0.1) is 12.4 Å². The Morgan fingerprint density at radius 3 is 2.93 bits per heavy atom. The second-order valence-corrected chi connectivity index (χ2v) is 3.86. The molecule has 1 N–H and O–H groups in total. The van der Waals surface area contributed by atoms with Crippen molar-refractivity contribution < 1.29 is 9.52 Å². The summed E-state index contributed by atoms with van der Waals surface area (Å²) in [7, 11) is 0. The van der Waals surface area contributed by atoms with E-state index in [4.69, 9.17) is 4.42 Å². The van der Waals surface area contributed by atoms with Gasteiger partial charge in [0, 0.05) is 10.9 Å². The van der Waals surface area contributed by atoms with Gasteiger partial charge in [0.25, 0.3) is 0 Å². The largest absolute Gasteiger partial charge is 0.464 e. The Morgan fingerprint density at radius 2 is 2.20 bits per heavy atom. The molecule has 0 aliphatic rings. The van der Waals surface area contributed by atoms with Crippen molar-refractivity contribution in [2.75, 3.05) is 0 Å². The summed E-state index contributed by atoms with van der Waals surface area (Å²) in [5.41, 5.74) is 2.62. The van der Waals surface area contributed by atoms with Crippen LogP contribution >= 0.6 is 0 Å². The highest BCUT2D eigenvalue weighted by atomic mass is 16.3. The van der Waals surface area contributed by atoms with E-state index < -0.39 is 6.10 Å². The highest BCUT2D eigenvalue weighted by molar-refractivity contribution is 5.81. The molecule has 0 aliphatic carbocycles. The highest BCUT2D eigenvalue weighted by Crippen LogP contribution is 2.29. The number of para-hydroxylation sites is 1. The summed E-state index contributed by atoms with van der Waals surface area (Å²) in [4.78, 5) is 0. The molecule has 0 saturated carbocycles. The van der Waals surface area contributed by atoms with E-state index in [0.717, 1.165) is 22.1 Å². The molecule has 0 bridgehead atoms.